The highest BCUT2D eigenvalue weighted by Gasteiger charge is 2.11. The van der Waals surface area contributed by atoms with Gasteiger partial charge in [0.05, 0.1) is 17.9 Å². The molecule has 0 radical (unpaired) electrons. The number of hydrogen-bond donors (Lipinski definition) is 2. The van der Waals surface area contributed by atoms with Crippen LogP contribution in [0.4, 0.5) is 0 Å². The van der Waals surface area contributed by atoms with Crippen molar-refractivity contribution >= 4 is 0 Å². The highest BCUT2D eigenvalue weighted by atomic mass is 15.3. The van der Waals surface area contributed by atoms with E-state index in [0.29, 0.717) is 0 Å². The number of benzene rings is 1. The molecule has 1 aromatic heterocycles. The molecule has 0 spiro atoms. The summed E-state index contributed by atoms with van der Waals surface area (Å²) in [6, 6.07) is 10.6. The molecule has 1 atom stereocenters. The lowest BCUT2D eigenvalue weighted by atomic mass is 10.0. The third kappa shape index (κ3) is 2.41. The Hall–Kier alpha value is -1.68. The maximum atomic E-state index is 4.08. The molecule has 15 heavy (non-hydrogen) atoms. The molecule has 0 saturated carbocycles. The molecule has 0 aliphatic rings. The van der Waals surface area contributed by atoms with E-state index in [9.17, 15) is 0 Å². The lowest BCUT2D eigenvalue weighted by Crippen LogP contribution is -2.19. The van der Waals surface area contributed by atoms with Gasteiger partial charge in [-0.1, -0.05) is 30.3 Å². The van der Waals surface area contributed by atoms with E-state index in [2.05, 4.69) is 32.9 Å². The molecule has 0 bridgehead atoms. The van der Waals surface area contributed by atoms with Gasteiger partial charge in [-0.25, -0.2) is 0 Å². The smallest absolute Gasteiger partial charge is 0.0997 e. The van der Waals surface area contributed by atoms with Crippen LogP contribution in [0, 0.1) is 0 Å². The second-order valence-corrected chi connectivity index (χ2v) is 3.43. The van der Waals surface area contributed by atoms with Crippen LogP contribution in [0.15, 0.2) is 36.5 Å². The molecule has 0 aliphatic carbocycles. The average molecular weight is 202 g/mol. The van der Waals surface area contributed by atoms with Crippen LogP contribution in [-0.2, 0) is 6.42 Å². The molecule has 2 aromatic rings. The summed E-state index contributed by atoms with van der Waals surface area (Å²) in [5.41, 5.74) is 2.24. The summed E-state index contributed by atoms with van der Waals surface area (Å²) >= 11 is 0. The molecule has 2 N–H and O–H groups in total. The third-order valence-electron chi connectivity index (χ3n) is 2.42. The topological polar surface area (TPSA) is 53.6 Å². The fourth-order valence-electron chi connectivity index (χ4n) is 1.58. The Morgan fingerprint density at radius 2 is 2.13 bits per heavy atom. The predicted molar refractivity (Wildman–Crippen MR) is 58.3 cm³/mol. The van der Waals surface area contributed by atoms with E-state index < -0.39 is 0 Å². The molecule has 4 heteroatoms. The maximum Gasteiger partial charge on any atom is 0.0997 e. The Kier molecular flexibility index (Phi) is 3.09. The highest BCUT2D eigenvalue weighted by Crippen LogP contribution is 2.14. The number of aromatic amines is 1. The van der Waals surface area contributed by atoms with Gasteiger partial charge >= 0.3 is 0 Å². The Labute approximate surface area is 88.7 Å². The molecule has 0 saturated heterocycles. The summed E-state index contributed by atoms with van der Waals surface area (Å²) in [6.07, 6.45) is 2.67. The minimum atomic E-state index is 0.214. The molecular weight excluding hydrogens is 188 g/mol. The number of likely N-dealkylation sites (N-methyl/N-ethyl adjacent to an activating group) is 1. The van der Waals surface area contributed by atoms with Gasteiger partial charge in [-0.3, -0.25) is 0 Å². The Bertz CT molecular complexity index is 382. The number of rotatable bonds is 4. The SMILES string of the molecule is CNC(Cc1ccccc1)c1cn[nH]n1. The van der Waals surface area contributed by atoms with Crippen LogP contribution < -0.4 is 5.32 Å². The van der Waals surface area contributed by atoms with Crippen molar-refractivity contribution in [3.05, 3.63) is 47.8 Å². The van der Waals surface area contributed by atoms with Crippen molar-refractivity contribution in [2.24, 2.45) is 0 Å². The molecule has 4 nitrogen and oxygen atoms in total. The van der Waals surface area contributed by atoms with E-state index >= 15 is 0 Å². The zero-order valence-electron chi connectivity index (χ0n) is 8.64. The van der Waals surface area contributed by atoms with Crippen molar-refractivity contribution in [3.63, 3.8) is 0 Å². The first-order valence-corrected chi connectivity index (χ1v) is 4.97. The van der Waals surface area contributed by atoms with Gasteiger partial charge in [0.2, 0.25) is 0 Å². The Morgan fingerprint density at radius 3 is 2.73 bits per heavy atom. The monoisotopic (exact) mass is 202 g/mol. The van der Waals surface area contributed by atoms with Crippen LogP contribution in [-0.4, -0.2) is 22.5 Å². The first-order valence-electron chi connectivity index (χ1n) is 4.97. The quantitative estimate of drug-likeness (QED) is 0.786. The van der Waals surface area contributed by atoms with Crippen LogP contribution >= 0.6 is 0 Å². The predicted octanol–water partition coefficient (Wildman–Crippen LogP) is 1.31. The summed E-state index contributed by atoms with van der Waals surface area (Å²) in [7, 11) is 1.93. The zero-order valence-corrected chi connectivity index (χ0v) is 8.64. The van der Waals surface area contributed by atoms with Crippen molar-refractivity contribution in [2.45, 2.75) is 12.5 Å². The van der Waals surface area contributed by atoms with Gasteiger partial charge < -0.3 is 5.32 Å². The average Bonchev–Trinajstić information content (AvgIpc) is 2.81. The number of hydrogen-bond acceptors (Lipinski definition) is 3. The fraction of sp³-hybridized carbons (Fsp3) is 0.273. The van der Waals surface area contributed by atoms with Gasteiger partial charge in [0, 0.05) is 0 Å². The standard InChI is InChI=1S/C11H14N4/c1-12-10(11-8-13-15-14-11)7-9-5-3-2-4-6-9/h2-6,8,10,12H,7H2,1H3,(H,13,14,15). The minimum absolute atomic E-state index is 0.214. The van der Waals surface area contributed by atoms with Crippen molar-refractivity contribution in [3.8, 4) is 0 Å². The molecular formula is C11H14N4. The normalized spacial score (nSPS) is 12.6. The Balaban J connectivity index is 2.10. The van der Waals surface area contributed by atoms with Gasteiger partial charge in [0.15, 0.2) is 0 Å². The summed E-state index contributed by atoms with van der Waals surface area (Å²) in [5, 5.41) is 13.8. The second kappa shape index (κ2) is 4.70. The minimum Gasteiger partial charge on any atom is -0.311 e. The zero-order chi connectivity index (χ0) is 10.5. The second-order valence-electron chi connectivity index (χ2n) is 3.43. The third-order valence-corrected chi connectivity index (χ3v) is 2.42. The van der Waals surface area contributed by atoms with Gasteiger partial charge in [0.25, 0.3) is 0 Å². The van der Waals surface area contributed by atoms with Crippen LogP contribution in [0.1, 0.15) is 17.3 Å². The molecule has 1 unspecified atom stereocenters. The van der Waals surface area contributed by atoms with E-state index in [4.69, 9.17) is 0 Å². The maximum absolute atomic E-state index is 4.08. The van der Waals surface area contributed by atoms with Gasteiger partial charge in [-0.05, 0) is 19.0 Å². The lowest BCUT2D eigenvalue weighted by Gasteiger charge is -2.12. The molecule has 1 aromatic carbocycles. The number of nitrogens with zero attached hydrogens (tertiary/aromatic N) is 2. The summed E-state index contributed by atoms with van der Waals surface area (Å²) in [6.45, 7) is 0. The van der Waals surface area contributed by atoms with Crippen LogP contribution in [0.5, 0.6) is 0 Å². The Morgan fingerprint density at radius 1 is 1.33 bits per heavy atom. The number of aromatic nitrogens is 3. The van der Waals surface area contributed by atoms with Crippen LogP contribution in [0.3, 0.4) is 0 Å². The van der Waals surface area contributed by atoms with Crippen LogP contribution in [0.25, 0.3) is 0 Å². The summed E-state index contributed by atoms with van der Waals surface area (Å²) in [4.78, 5) is 0. The van der Waals surface area contributed by atoms with E-state index in [1.807, 2.05) is 25.2 Å². The molecule has 78 valence electrons. The largest absolute Gasteiger partial charge is 0.311 e. The molecule has 0 aliphatic heterocycles. The van der Waals surface area contributed by atoms with Gasteiger partial charge in [0.1, 0.15) is 0 Å². The van der Waals surface area contributed by atoms with E-state index in [0.717, 1.165) is 12.1 Å². The first-order chi connectivity index (χ1) is 7.40. The van der Waals surface area contributed by atoms with E-state index in [1.54, 1.807) is 6.20 Å². The van der Waals surface area contributed by atoms with Crippen molar-refractivity contribution in [2.75, 3.05) is 7.05 Å². The summed E-state index contributed by atoms with van der Waals surface area (Å²) in [5.74, 6) is 0. The van der Waals surface area contributed by atoms with Crippen molar-refractivity contribution < 1.29 is 0 Å². The van der Waals surface area contributed by atoms with E-state index in [-0.39, 0.29) is 6.04 Å². The number of nitrogens with one attached hydrogen (secondary N) is 2. The summed E-state index contributed by atoms with van der Waals surface area (Å²) < 4.78 is 0. The lowest BCUT2D eigenvalue weighted by molar-refractivity contribution is 0.574. The van der Waals surface area contributed by atoms with Gasteiger partial charge in [-0.15, -0.1) is 0 Å². The first kappa shape index (κ1) is 9.86. The fourth-order valence-corrected chi connectivity index (χ4v) is 1.58. The highest BCUT2D eigenvalue weighted by molar-refractivity contribution is 5.17. The van der Waals surface area contributed by atoms with Crippen molar-refractivity contribution in [1.29, 1.82) is 0 Å². The number of H-pyrrole nitrogens is 1. The molecule has 1 heterocycles. The van der Waals surface area contributed by atoms with Gasteiger partial charge in [-0.2, -0.15) is 15.4 Å². The molecule has 0 amide bonds. The molecule has 2 rings (SSSR count). The van der Waals surface area contributed by atoms with Crippen molar-refractivity contribution in [1.82, 2.24) is 20.7 Å². The van der Waals surface area contributed by atoms with Crippen LogP contribution in [0.2, 0.25) is 0 Å². The van der Waals surface area contributed by atoms with E-state index in [1.165, 1.54) is 5.56 Å². The molecule has 0 fully saturated rings.